The SMILES string of the molecule is CC(=O)N1CCN([C@@H]2CN(C[C@@H]3CCOC3)C[C@@H]2C)CC1. The zero-order chi connectivity index (χ0) is 14.8. The third-order valence-corrected chi connectivity index (χ3v) is 5.42. The van der Waals surface area contributed by atoms with Gasteiger partial charge in [-0.1, -0.05) is 6.92 Å². The van der Waals surface area contributed by atoms with E-state index in [1.165, 1.54) is 26.1 Å². The molecule has 21 heavy (non-hydrogen) atoms. The van der Waals surface area contributed by atoms with Gasteiger partial charge >= 0.3 is 0 Å². The molecule has 0 bridgehead atoms. The van der Waals surface area contributed by atoms with Crippen molar-refractivity contribution in [3.8, 4) is 0 Å². The van der Waals surface area contributed by atoms with Crippen LogP contribution in [0, 0.1) is 11.8 Å². The summed E-state index contributed by atoms with van der Waals surface area (Å²) in [6.45, 7) is 13.4. The van der Waals surface area contributed by atoms with Gasteiger partial charge in [-0.05, 0) is 18.3 Å². The lowest BCUT2D eigenvalue weighted by molar-refractivity contribution is -0.130. The van der Waals surface area contributed by atoms with E-state index in [1.807, 2.05) is 4.90 Å². The topological polar surface area (TPSA) is 36.0 Å². The minimum absolute atomic E-state index is 0.219. The summed E-state index contributed by atoms with van der Waals surface area (Å²) in [6.07, 6.45) is 1.23. The number of likely N-dealkylation sites (tertiary alicyclic amines) is 1. The van der Waals surface area contributed by atoms with E-state index in [0.717, 1.165) is 51.2 Å². The number of carbonyl (C=O) groups is 1. The van der Waals surface area contributed by atoms with Crippen LogP contribution in [0.15, 0.2) is 0 Å². The molecule has 0 aromatic rings. The molecular weight excluding hydrogens is 266 g/mol. The molecule has 3 rings (SSSR count). The Labute approximate surface area is 128 Å². The highest BCUT2D eigenvalue weighted by atomic mass is 16.5. The Morgan fingerprint density at radius 2 is 1.95 bits per heavy atom. The lowest BCUT2D eigenvalue weighted by Gasteiger charge is -2.39. The third-order valence-electron chi connectivity index (χ3n) is 5.42. The lowest BCUT2D eigenvalue weighted by atomic mass is 10.0. The molecule has 0 unspecified atom stereocenters. The second-order valence-electron chi connectivity index (χ2n) is 7.03. The molecule has 0 aromatic carbocycles. The highest BCUT2D eigenvalue weighted by Gasteiger charge is 2.36. The number of carbonyl (C=O) groups excluding carboxylic acids is 1. The molecule has 3 saturated heterocycles. The van der Waals surface area contributed by atoms with E-state index < -0.39 is 0 Å². The molecule has 5 heteroatoms. The van der Waals surface area contributed by atoms with E-state index in [0.29, 0.717) is 6.04 Å². The maximum absolute atomic E-state index is 11.4. The monoisotopic (exact) mass is 295 g/mol. The largest absolute Gasteiger partial charge is 0.381 e. The fourth-order valence-electron chi connectivity index (χ4n) is 4.13. The van der Waals surface area contributed by atoms with Crippen LogP contribution < -0.4 is 0 Å². The number of amides is 1. The standard InChI is InChI=1S/C16H29N3O2/c1-13-9-17(10-15-3-8-21-12-15)11-16(13)19-6-4-18(5-7-19)14(2)20/h13,15-16H,3-12H2,1-2H3/t13-,15-,16+/m0/s1. The molecule has 0 N–H and O–H groups in total. The first kappa shape index (κ1) is 15.3. The highest BCUT2D eigenvalue weighted by molar-refractivity contribution is 5.73. The average molecular weight is 295 g/mol. The van der Waals surface area contributed by atoms with Crippen molar-refractivity contribution in [3.63, 3.8) is 0 Å². The van der Waals surface area contributed by atoms with Crippen molar-refractivity contribution >= 4 is 5.91 Å². The van der Waals surface area contributed by atoms with Crippen molar-refractivity contribution in [2.45, 2.75) is 26.3 Å². The quantitative estimate of drug-likeness (QED) is 0.760. The normalized spacial score (nSPS) is 35.5. The van der Waals surface area contributed by atoms with Crippen molar-refractivity contribution in [2.75, 3.05) is 59.0 Å². The van der Waals surface area contributed by atoms with Gasteiger partial charge in [0.2, 0.25) is 5.91 Å². The van der Waals surface area contributed by atoms with Gasteiger partial charge in [0.15, 0.2) is 0 Å². The van der Waals surface area contributed by atoms with Gasteiger partial charge in [-0.3, -0.25) is 9.69 Å². The van der Waals surface area contributed by atoms with E-state index in [1.54, 1.807) is 6.92 Å². The molecule has 5 nitrogen and oxygen atoms in total. The first-order chi connectivity index (χ1) is 10.1. The highest BCUT2D eigenvalue weighted by Crippen LogP contribution is 2.25. The third kappa shape index (κ3) is 3.58. The van der Waals surface area contributed by atoms with Crippen LogP contribution in [-0.2, 0) is 9.53 Å². The summed E-state index contributed by atoms with van der Waals surface area (Å²) in [6, 6.07) is 0.668. The molecule has 0 saturated carbocycles. The van der Waals surface area contributed by atoms with Crippen LogP contribution in [0.2, 0.25) is 0 Å². The van der Waals surface area contributed by atoms with Crippen LogP contribution in [0.1, 0.15) is 20.3 Å². The molecule has 3 atom stereocenters. The summed E-state index contributed by atoms with van der Waals surface area (Å²) in [5.74, 6) is 1.69. The Hall–Kier alpha value is -0.650. The van der Waals surface area contributed by atoms with E-state index >= 15 is 0 Å². The van der Waals surface area contributed by atoms with Crippen LogP contribution in [0.25, 0.3) is 0 Å². The average Bonchev–Trinajstić information content (AvgIpc) is 3.09. The van der Waals surface area contributed by atoms with Crippen molar-refractivity contribution < 1.29 is 9.53 Å². The van der Waals surface area contributed by atoms with Crippen molar-refractivity contribution in [1.82, 2.24) is 14.7 Å². The fraction of sp³-hybridized carbons (Fsp3) is 0.938. The fourth-order valence-corrected chi connectivity index (χ4v) is 4.13. The Kier molecular flexibility index (Phi) is 4.82. The summed E-state index contributed by atoms with van der Waals surface area (Å²) < 4.78 is 5.50. The van der Waals surface area contributed by atoms with Crippen molar-refractivity contribution in [1.29, 1.82) is 0 Å². The molecule has 0 aliphatic carbocycles. The van der Waals surface area contributed by atoms with Crippen LogP contribution in [0.5, 0.6) is 0 Å². The summed E-state index contributed by atoms with van der Waals surface area (Å²) in [5, 5.41) is 0. The van der Waals surface area contributed by atoms with Crippen molar-refractivity contribution in [2.24, 2.45) is 11.8 Å². The Morgan fingerprint density at radius 1 is 1.19 bits per heavy atom. The smallest absolute Gasteiger partial charge is 0.219 e. The van der Waals surface area contributed by atoms with Gasteiger partial charge in [-0.25, -0.2) is 0 Å². The molecule has 3 aliphatic heterocycles. The number of hydrogen-bond donors (Lipinski definition) is 0. The van der Waals surface area contributed by atoms with Gasteiger partial charge in [0.25, 0.3) is 0 Å². The second kappa shape index (κ2) is 6.63. The van der Waals surface area contributed by atoms with Crippen molar-refractivity contribution in [3.05, 3.63) is 0 Å². The minimum atomic E-state index is 0.219. The van der Waals surface area contributed by atoms with Gasteiger partial charge in [-0.15, -0.1) is 0 Å². The molecule has 3 heterocycles. The van der Waals surface area contributed by atoms with Gasteiger partial charge < -0.3 is 14.5 Å². The molecule has 0 radical (unpaired) electrons. The first-order valence-electron chi connectivity index (χ1n) is 8.43. The summed E-state index contributed by atoms with van der Waals surface area (Å²) in [5.41, 5.74) is 0. The lowest BCUT2D eigenvalue weighted by Crippen LogP contribution is -2.53. The molecule has 3 aliphatic rings. The van der Waals surface area contributed by atoms with Gasteiger partial charge in [0.1, 0.15) is 0 Å². The van der Waals surface area contributed by atoms with Crippen LogP contribution in [-0.4, -0.2) is 85.7 Å². The molecule has 1 amide bonds. The Bertz CT molecular complexity index is 363. The zero-order valence-electron chi connectivity index (χ0n) is 13.5. The van der Waals surface area contributed by atoms with E-state index in [2.05, 4.69) is 16.7 Å². The van der Waals surface area contributed by atoms with Gasteiger partial charge in [-0.2, -0.15) is 0 Å². The van der Waals surface area contributed by atoms with E-state index in [4.69, 9.17) is 4.74 Å². The number of nitrogens with zero attached hydrogens (tertiary/aromatic N) is 3. The van der Waals surface area contributed by atoms with Crippen LogP contribution in [0.4, 0.5) is 0 Å². The molecule has 0 aromatic heterocycles. The number of hydrogen-bond acceptors (Lipinski definition) is 4. The van der Waals surface area contributed by atoms with E-state index in [-0.39, 0.29) is 5.91 Å². The predicted octanol–water partition coefficient (Wildman–Crippen LogP) is 0.507. The molecule has 0 spiro atoms. The van der Waals surface area contributed by atoms with Crippen LogP contribution in [0.3, 0.4) is 0 Å². The van der Waals surface area contributed by atoms with Gasteiger partial charge in [0, 0.05) is 65.4 Å². The molecular formula is C16H29N3O2. The maximum Gasteiger partial charge on any atom is 0.219 e. The van der Waals surface area contributed by atoms with Gasteiger partial charge in [0.05, 0.1) is 6.61 Å². The predicted molar refractivity (Wildman–Crippen MR) is 82.1 cm³/mol. The Morgan fingerprint density at radius 3 is 2.57 bits per heavy atom. The molecule has 3 fully saturated rings. The number of piperazine rings is 1. The summed E-state index contributed by atoms with van der Waals surface area (Å²) in [7, 11) is 0. The first-order valence-corrected chi connectivity index (χ1v) is 8.43. The molecule has 120 valence electrons. The van der Waals surface area contributed by atoms with Crippen LogP contribution >= 0.6 is 0 Å². The minimum Gasteiger partial charge on any atom is -0.381 e. The Balaban J connectivity index is 1.48. The zero-order valence-corrected chi connectivity index (χ0v) is 13.5. The summed E-state index contributed by atoms with van der Waals surface area (Å²) >= 11 is 0. The number of rotatable bonds is 3. The summed E-state index contributed by atoms with van der Waals surface area (Å²) in [4.78, 5) is 18.6. The second-order valence-corrected chi connectivity index (χ2v) is 7.03. The van der Waals surface area contributed by atoms with E-state index in [9.17, 15) is 4.79 Å². The number of ether oxygens (including phenoxy) is 1. The maximum atomic E-state index is 11.4.